The van der Waals surface area contributed by atoms with Gasteiger partial charge in [-0.05, 0) is 18.6 Å². The molecule has 2 aromatic rings. The molecule has 0 spiro atoms. The molecule has 0 bridgehead atoms. The van der Waals surface area contributed by atoms with E-state index >= 15 is 0 Å². The minimum Gasteiger partial charge on any atom is -0.493 e. The zero-order valence-electron chi connectivity index (χ0n) is 15.1. The summed E-state index contributed by atoms with van der Waals surface area (Å²) < 4.78 is 10.6. The molecule has 1 atom stereocenters. The van der Waals surface area contributed by atoms with Crippen molar-refractivity contribution in [2.24, 2.45) is 0 Å². The van der Waals surface area contributed by atoms with Crippen molar-refractivity contribution in [2.75, 3.05) is 14.2 Å². The SMILES string of the molecule is COc1cc(Cl)c([C@H]2NC(=O)NC(c3ccccc3)=C2C(C)=O)cc1OC. The van der Waals surface area contributed by atoms with E-state index in [1.807, 2.05) is 30.3 Å². The van der Waals surface area contributed by atoms with E-state index in [9.17, 15) is 9.59 Å². The first-order valence-electron chi connectivity index (χ1n) is 8.25. The topological polar surface area (TPSA) is 76.7 Å². The van der Waals surface area contributed by atoms with Crippen molar-refractivity contribution < 1.29 is 19.1 Å². The van der Waals surface area contributed by atoms with Crippen LogP contribution < -0.4 is 20.1 Å². The fraction of sp³-hybridized carbons (Fsp3) is 0.200. The summed E-state index contributed by atoms with van der Waals surface area (Å²) in [6.07, 6.45) is 0. The summed E-state index contributed by atoms with van der Waals surface area (Å²) in [5.74, 6) is 0.731. The Morgan fingerprint density at radius 2 is 1.70 bits per heavy atom. The van der Waals surface area contributed by atoms with Crippen LogP contribution >= 0.6 is 11.6 Å². The number of amides is 2. The second-order valence-electron chi connectivity index (χ2n) is 5.97. The average Bonchev–Trinajstić information content (AvgIpc) is 2.67. The first kappa shape index (κ1) is 18.8. The number of Topliss-reactive ketones (excluding diaryl/α,β-unsaturated/α-hetero) is 1. The van der Waals surface area contributed by atoms with Gasteiger partial charge in [0.25, 0.3) is 0 Å². The molecule has 140 valence electrons. The predicted molar refractivity (Wildman–Crippen MR) is 103 cm³/mol. The fourth-order valence-electron chi connectivity index (χ4n) is 3.10. The van der Waals surface area contributed by atoms with Crippen molar-refractivity contribution in [2.45, 2.75) is 13.0 Å². The summed E-state index contributed by atoms with van der Waals surface area (Å²) >= 11 is 6.44. The van der Waals surface area contributed by atoms with Crippen LogP contribution in [0.2, 0.25) is 5.02 Å². The maximum absolute atomic E-state index is 12.5. The highest BCUT2D eigenvalue weighted by Gasteiger charge is 2.33. The van der Waals surface area contributed by atoms with E-state index in [0.717, 1.165) is 5.56 Å². The molecule has 0 unspecified atom stereocenters. The summed E-state index contributed by atoms with van der Waals surface area (Å²) in [4.78, 5) is 24.8. The van der Waals surface area contributed by atoms with Gasteiger partial charge in [0.05, 0.1) is 31.0 Å². The Balaban J connectivity index is 2.22. The number of hydrogen-bond acceptors (Lipinski definition) is 4. The minimum atomic E-state index is -0.723. The van der Waals surface area contributed by atoms with Crippen LogP contribution in [0.15, 0.2) is 48.0 Å². The number of rotatable bonds is 5. The number of carbonyl (C=O) groups excluding carboxylic acids is 2. The maximum atomic E-state index is 12.5. The summed E-state index contributed by atoms with van der Waals surface area (Å²) in [5.41, 5.74) is 2.15. The van der Waals surface area contributed by atoms with E-state index in [-0.39, 0.29) is 5.78 Å². The fourth-order valence-corrected chi connectivity index (χ4v) is 3.36. The lowest BCUT2D eigenvalue weighted by atomic mass is 9.90. The highest BCUT2D eigenvalue weighted by atomic mass is 35.5. The lowest BCUT2D eigenvalue weighted by molar-refractivity contribution is -0.113. The van der Waals surface area contributed by atoms with Crippen LogP contribution in [0, 0.1) is 0 Å². The summed E-state index contributed by atoms with van der Waals surface area (Å²) in [6, 6.07) is 11.3. The number of carbonyl (C=O) groups is 2. The first-order chi connectivity index (χ1) is 13.0. The third-order valence-corrected chi connectivity index (χ3v) is 4.65. The Morgan fingerprint density at radius 3 is 2.30 bits per heavy atom. The van der Waals surface area contributed by atoms with Crippen molar-refractivity contribution in [3.63, 3.8) is 0 Å². The molecule has 0 aromatic heterocycles. The monoisotopic (exact) mass is 386 g/mol. The Kier molecular flexibility index (Phi) is 5.37. The van der Waals surface area contributed by atoms with Crippen LogP contribution in [0.1, 0.15) is 24.1 Å². The van der Waals surface area contributed by atoms with Gasteiger partial charge in [-0.15, -0.1) is 0 Å². The third kappa shape index (κ3) is 3.61. The van der Waals surface area contributed by atoms with Crippen LogP contribution in [-0.2, 0) is 4.79 Å². The van der Waals surface area contributed by atoms with Crippen LogP contribution in [0.3, 0.4) is 0 Å². The van der Waals surface area contributed by atoms with Crippen LogP contribution in [0.4, 0.5) is 4.79 Å². The molecular weight excluding hydrogens is 368 g/mol. The third-order valence-electron chi connectivity index (χ3n) is 4.33. The molecule has 0 saturated heterocycles. The smallest absolute Gasteiger partial charge is 0.320 e. The van der Waals surface area contributed by atoms with Gasteiger partial charge < -0.3 is 20.1 Å². The van der Waals surface area contributed by atoms with E-state index in [1.54, 1.807) is 12.1 Å². The summed E-state index contributed by atoms with van der Waals surface area (Å²) in [7, 11) is 3.02. The Morgan fingerprint density at radius 1 is 1.07 bits per heavy atom. The van der Waals surface area contributed by atoms with Crippen LogP contribution in [0.25, 0.3) is 5.70 Å². The van der Waals surface area contributed by atoms with E-state index in [2.05, 4.69) is 10.6 Å². The zero-order chi connectivity index (χ0) is 19.6. The molecular formula is C20H19ClN2O4. The molecule has 1 aliphatic rings. The molecule has 2 aromatic carbocycles. The summed E-state index contributed by atoms with van der Waals surface area (Å²) in [5, 5.41) is 5.88. The average molecular weight is 387 g/mol. The molecule has 1 aliphatic heterocycles. The maximum Gasteiger partial charge on any atom is 0.320 e. The van der Waals surface area contributed by atoms with Gasteiger partial charge in [-0.2, -0.15) is 0 Å². The number of ketones is 1. The van der Waals surface area contributed by atoms with Crippen molar-refractivity contribution in [1.29, 1.82) is 0 Å². The van der Waals surface area contributed by atoms with E-state index in [0.29, 0.717) is 33.4 Å². The second-order valence-corrected chi connectivity index (χ2v) is 6.38. The molecule has 0 aliphatic carbocycles. The number of benzene rings is 2. The molecule has 2 N–H and O–H groups in total. The quantitative estimate of drug-likeness (QED) is 0.821. The highest BCUT2D eigenvalue weighted by molar-refractivity contribution is 6.31. The van der Waals surface area contributed by atoms with Gasteiger partial charge in [-0.25, -0.2) is 4.79 Å². The van der Waals surface area contributed by atoms with Gasteiger partial charge in [-0.1, -0.05) is 41.9 Å². The Labute approximate surface area is 162 Å². The molecule has 0 saturated carbocycles. The van der Waals surface area contributed by atoms with E-state index in [1.165, 1.54) is 21.1 Å². The number of hydrogen-bond donors (Lipinski definition) is 2. The largest absolute Gasteiger partial charge is 0.493 e. The molecule has 7 heteroatoms. The minimum absolute atomic E-state index is 0.183. The molecule has 1 heterocycles. The van der Waals surface area contributed by atoms with Gasteiger partial charge in [0.15, 0.2) is 17.3 Å². The van der Waals surface area contributed by atoms with Gasteiger partial charge in [0.1, 0.15) is 0 Å². The zero-order valence-corrected chi connectivity index (χ0v) is 15.9. The van der Waals surface area contributed by atoms with Gasteiger partial charge in [0, 0.05) is 17.2 Å². The molecule has 6 nitrogen and oxygen atoms in total. The number of methoxy groups -OCH3 is 2. The van der Waals surface area contributed by atoms with Crippen molar-refractivity contribution in [3.8, 4) is 11.5 Å². The molecule has 0 radical (unpaired) electrons. The number of urea groups is 1. The second kappa shape index (κ2) is 7.72. The molecule has 0 fully saturated rings. The molecule has 2 amide bonds. The molecule has 27 heavy (non-hydrogen) atoms. The highest BCUT2D eigenvalue weighted by Crippen LogP contribution is 2.40. The van der Waals surface area contributed by atoms with Gasteiger partial charge in [-0.3, -0.25) is 4.79 Å². The Hall–Kier alpha value is -2.99. The molecule has 3 rings (SSSR count). The standard InChI is InChI=1S/C20H19ClN2O4/c1-11(24)17-18(12-7-5-4-6-8-12)22-20(25)23-19(17)13-9-15(26-2)16(27-3)10-14(13)21/h4-10,19H,1-3H3,(H2,22,23,25)/t19-/m1/s1. The van der Waals surface area contributed by atoms with E-state index in [4.69, 9.17) is 21.1 Å². The van der Waals surface area contributed by atoms with Crippen LogP contribution in [0.5, 0.6) is 11.5 Å². The van der Waals surface area contributed by atoms with E-state index < -0.39 is 12.1 Å². The number of ether oxygens (including phenoxy) is 2. The first-order valence-corrected chi connectivity index (χ1v) is 8.63. The van der Waals surface area contributed by atoms with Gasteiger partial charge in [0.2, 0.25) is 0 Å². The number of nitrogens with one attached hydrogen (secondary N) is 2. The van der Waals surface area contributed by atoms with Crippen molar-refractivity contribution in [1.82, 2.24) is 10.6 Å². The van der Waals surface area contributed by atoms with Crippen molar-refractivity contribution in [3.05, 3.63) is 64.2 Å². The lowest BCUT2D eigenvalue weighted by Gasteiger charge is -2.30. The Bertz CT molecular complexity index is 925. The van der Waals surface area contributed by atoms with Crippen LogP contribution in [-0.4, -0.2) is 26.0 Å². The number of halogens is 1. The summed E-state index contributed by atoms with van der Waals surface area (Å²) in [6.45, 7) is 1.46. The normalized spacial score (nSPS) is 16.4. The van der Waals surface area contributed by atoms with Gasteiger partial charge >= 0.3 is 6.03 Å². The van der Waals surface area contributed by atoms with Crippen molar-refractivity contribution >= 4 is 29.1 Å². The predicted octanol–water partition coefficient (Wildman–Crippen LogP) is 3.71. The lowest BCUT2D eigenvalue weighted by Crippen LogP contribution is -2.44.